The van der Waals surface area contributed by atoms with Crippen molar-refractivity contribution >= 4 is 27.5 Å². The number of methoxy groups -OCH3 is 1. The zero-order valence-corrected chi connectivity index (χ0v) is 14.5. The van der Waals surface area contributed by atoms with Crippen LogP contribution in [0.15, 0.2) is 46.9 Å². The number of rotatable bonds is 6. The van der Waals surface area contributed by atoms with E-state index in [9.17, 15) is 0 Å². The molecule has 2 aromatic carbocycles. The first-order chi connectivity index (χ1) is 10.1. The molecule has 0 radical (unpaired) electrons. The third-order valence-electron chi connectivity index (χ3n) is 3.27. The molecule has 21 heavy (non-hydrogen) atoms. The van der Waals surface area contributed by atoms with E-state index in [1.165, 1.54) is 5.56 Å². The van der Waals surface area contributed by atoms with Crippen molar-refractivity contribution in [1.82, 2.24) is 5.32 Å². The third-order valence-corrected chi connectivity index (χ3v) is 3.94. The van der Waals surface area contributed by atoms with Gasteiger partial charge in [-0.05, 0) is 54.4 Å². The highest BCUT2D eigenvalue weighted by Crippen LogP contribution is 2.29. The molecule has 0 saturated carbocycles. The van der Waals surface area contributed by atoms with Gasteiger partial charge in [0.05, 0.1) is 13.2 Å². The lowest BCUT2D eigenvalue weighted by molar-refractivity contribution is 0.414. The van der Waals surface area contributed by atoms with Crippen molar-refractivity contribution in [1.29, 1.82) is 0 Å². The SMILES string of the molecule is CCCNC(c1ccc(OC)cc1)c1cc(Cl)cc(Br)c1. The number of hydrogen-bond donors (Lipinski definition) is 1. The Morgan fingerprint density at radius 1 is 1.14 bits per heavy atom. The Bertz CT molecular complexity index is 566. The molecule has 0 aliphatic carbocycles. The number of halogens is 2. The standard InChI is InChI=1S/C17H19BrClNO/c1-3-8-20-17(12-4-6-16(21-2)7-5-12)13-9-14(18)11-15(19)10-13/h4-7,9-11,17,20H,3,8H2,1-2H3. The molecule has 2 aromatic rings. The monoisotopic (exact) mass is 367 g/mol. The van der Waals surface area contributed by atoms with Gasteiger partial charge in [-0.2, -0.15) is 0 Å². The molecule has 0 spiro atoms. The Hall–Kier alpha value is -1.03. The van der Waals surface area contributed by atoms with Gasteiger partial charge in [0.1, 0.15) is 5.75 Å². The van der Waals surface area contributed by atoms with Crippen LogP contribution >= 0.6 is 27.5 Å². The van der Waals surface area contributed by atoms with E-state index < -0.39 is 0 Å². The van der Waals surface area contributed by atoms with E-state index in [0.717, 1.165) is 33.8 Å². The van der Waals surface area contributed by atoms with Crippen LogP contribution < -0.4 is 10.1 Å². The third kappa shape index (κ3) is 4.47. The first-order valence-corrected chi connectivity index (χ1v) is 8.14. The second-order valence-corrected chi connectivity index (χ2v) is 6.22. The Morgan fingerprint density at radius 3 is 2.43 bits per heavy atom. The fourth-order valence-electron chi connectivity index (χ4n) is 2.26. The summed E-state index contributed by atoms with van der Waals surface area (Å²) in [5.41, 5.74) is 2.34. The van der Waals surface area contributed by atoms with Gasteiger partial charge in [-0.3, -0.25) is 0 Å². The van der Waals surface area contributed by atoms with Gasteiger partial charge >= 0.3 is 0 Å². The molecule has 0 aliphatic heterocycles. The van der Waals surface area contributed by atoms with Gasteiger partial charge in [0.25, 0.3) is 0 Å². The first kappa shape index (κ1) is 16.3. The minimum atomic E-state index is 0.117. The quantitative estimate of drug-likeness (QED) is 0.756. The summed E-state index contributed by atoms with van der Waals surface area (Å²) in [6, 6.07) is 14.3. The summed E-state index contributed by atoms with van der Waals surface area (Å²) in [6.07, 6.45) is 1.08. The molecule has 1 unspecified atom stereocenters. The van der Waals surface area contributed by atoms with E-state index in [4.69, 9.17) is 16.3 Å². The lowest BCUT2D eigenvalue weighted by Gasteiger charge is -2.20. The Balaban J connectivity index is 2.36. The van der Waals surface area contributed by atoms with Crippen LogP contribution in [0.1, 0.15) is 30.5 Å². The maximum atomic E-state index is 6.19. The van der Waals surface area contributed by atoms with E-state index in [-0.39, 0.29) is 6.04 Å². The maximum Gasteiger partial charge on any atom is 0.118 e. The van der Waals surface area contributed by atoms with E-state index >= 15 is 0 Å². The summed E-state index contributed by atoms with van der Waals surface area (Å²) in [6.45, 7) is 3.10. The normalized spacial score (nSPS) is 12.2. The molecule has 112 valence electrons. The second kappa shape index (κ2) is 7.83. The van der Waals surface area contributed by atoms with Gasteiger partial charge in [-0.1, -0.05) is 46.6 Å². The molecule has 0 heterocycles. The maximum absolute atomic E-state index is 6.19. The van der Waals surface area contributed by atoms with Crippen molar-refractivity contribution in [3.05, 3.63) is 63.1 Å². The fraction of sp³-hybridized carbons (Fsp3) is 0.294. The zero-order valence-electron chi connectivity index (χ0n) is 12.2. The van der Waals surface area contributed by atoms with Gasteiger partial charge in [-0.15, -0.1) is 0 Å². The summed E-state index contributed by atoms with van der Waals surface area (Å²) >= 11 is 9.70. The molecule has 0 amide bonds. The average molecular weight is 369 g/mol. The molecule has 1 atom stereocenters. The zero-order chi connectivity index (χ0) is 15.2. The predicted octanol–water partition coefficient (Wildman–Crippen LogP) is 5.20. The molecule has 2 nitrogen and oxygen atoms in total. The van der Waals surface area contributed by atoms with Crippen molar-refractivity contribution in [2.24, 2.45) is 0 Å². The molecule has 0 saturated heterocycles. The van der Waals surface area contributed by atoms with Crippen molar-refractivity contribution < 1.29 is 4.74 Å². The van der Waals surface area contributed by atoms with Crippen LogP contribution in [-0.2, 0) is 0 Å². The van der Waals surface area contributed by atoms with Gasteiger partial charge in [0.15, 0.2) is 0 Å². The molecule has 4 heteroatoms. The molecule has 0 aromatic heterocycles. The molecular weight excluding hydrogens is 350 g/mol. The van der Waals surface area contributed by atoms with Crippen molar-refractivity contribution in [3.63, 3.8) is 0 Å². The molecule has 0 fully saturated rings. The van der Waals surface area contributed by atoms with Gasteiger partial charge in [0.2, 0.25) is 0 Å². The lowest BCUT2D eigenvalue weighted by Crippen LogP contribution is -2.23. The van der Waals surface area contributed by atoms with Crippen LogP contribution in [0, 0.1) is 0 Å². The summed E-state index contributed by atoms with van der Waals surface area (Å²) in [5.74, 6) is 0.861. The average Bonchev–Trinajstić information content (AvgIpc) is 2.47. The van der Waals surface area contributed by atoms with Crippen LogP contribution in [0.5, 0.6) is 5.75 Å². The lowest BCUT2D eigenvalue weighted by atomic mass is 9.98. The largest absolute Gasteiger partial charge is 0.497 e. The molecule has 0 aliphatic rings. The molecular formula is C17H19BrClNO. The van der Waals surface area contributed by atoms with E-state index in [2.05, 4.69) is 46.4 Å². The summed E-state index contributed by atoms with van der Waals surface area (Å²) in [4.78, 5) is 0. The number of ether oxygens (including phenoxy) is 1. The fourth-order valence-corrected chi connectivity index (χ4v) is 3.14. The highest BCUT2D eigenvalue weighted by atomic mass is 79.9. The summed E-state index contributed by atoms with van der Waals surface area (Å²) < 4.78 is 6.21. The van der Waals surface area contributed by atoms with Crippen molar-refractivity contribution in [3.8, 4) is 5.75 Å². The van der Waals surface area contributed by atoms with Crippen LogP contribution in [0.4, 0.5) is 0 Å². The molecule has 0 bridgehead atoms. The number of benzene rings is 2. The van der Waals surface area contributed by atoms with E-state index in [1.54, 1.807) is 7.11 Å². The number of nitrogens with one attached hydrogen (secondary N) is 1. The number of hydrogen-bond acceptors (Lipinski definition) is 2. The Kier molecular flexibility index (Phi) is 6.09. The highest BCUT2D eigenvalue weighted by Gasteiger charge is 2.14. The topological polar surface area (TPSA) is 21.3 Å². The van der Waals surface area contributed by atoms with Crippen LogP contribution in [0.25, 0.3) is 0 Å². The van der Waals surface area contributed by atoms with Crippen LogP contribution in [0.2, 0.25) is 5.02 Å². The Labute approximate surface area is 139 Å². The molecule has 2 rings (SSSR count). The van der Waals surface area contributed by atoms with Crippen molar-refractivity contribution in [2.45, 2.75) is 19.4 Å². The summed E-state index contributed by atoms with van der Waals surface area (Å²) in [5, 5.41) is 4.31. The smallest absolute Gasteiger partial charge is 0.118 e. The van der Waals surface area contributed by atoms with Crippen LogP contribution in [0.3, 0.4) is 0 Å². The first-order valence-electron chi connectivity index (χ1n) is 6.97. The van der Waals surface area contributed by atoms with Crippen LogP contribution in [-0.4, -0.2) is 13.7 Å². The minimum Gasteiger partial charge on any atom is -0.497 e. The van der Waals surface area contributed by atoms with Gasteiger partial charge in [0, 0.05) is 9.50 Å². The summed E-state index contributed by atoms with van der Waals surface area (Å²) in [7, 11) is 1.68. The molecule has 1 N–H and O–H groups in total. The van der Waals surface area contributed by atoms with E-state index in [0.29, 0.717) is 0 Å². The second-order valence-electron chi connectivity index (χ2n) is 4.86. The predicted molar refractivity (Wildman–Crippen MR) is 92.3 cm³/mol. The minimum absolute atomic E-state index is 0.117. The highest BCUT2D eigenvalue weighted by molar-refractivity contribution is 9.10. The Morgan fingerprint density at radius 2 is 1.86 bits per heavy atom. The van der Waals surface area contributed by atoms with E-state index in [1.807, 2.05) is 24.3 Å². The van der Waals surface area contributed by atoms with Gasteiger partial charge in [-0.25, -0.2) is 0 Å². The van der Waals surface area contributed by atoms with Crippen molar-refractivity contribution in [2.75, 3.05) is 13.7 Å². The van der Waals surface area contributed by atoms with Gasteiger partial charge < -0.3 is 10.1 Å².